The van der Waals surface area contributed by atoms with Gasteiger partial charge in [0, 0.05) is 13.6 Å². The van der Waals surface area contributed by atoms with Gasteiger partial charge in [0.25, 0.3) is 5.91 Å². The molecule has 0 atom stereocenters. The molecule has 0 bridgehead atoms. The molecule has 2 aromatic rings. The van der Waals surface area contributed by atoms with Gasteiger partial charge in [-0.05, 0) is 36.8 Å². The molecule has 0 unspecified atom stereocenters. The smallest absolute Gasteiger partial charge is 0.277 e. The summed E-state index contributed by atoms with van der Waals surface area (Å²) in [7, 11) is -1.80. The van der Waals surface area contributed by atoms with Crippen molar-refractivity contribution in [3.05, 3.63) is 65.5 Å². The average molecular weight is 421 g/mol. The van der Waals surface area contributed by atoms with E-state index in [1.54, 1.807) is 48.3 Å². The highest BCUT2D eigenvalue weighted by Gasteiger charge is 2.31. The van der Waals surface area contributed by atoms with Crippen LogP contribution in [0.1, 0.15) is 11.1 Å². The molecule has 29 heavy (non-hydrogen) atoms. The number of hydrogen-bond acceptors (Lipinski definition) is 3. The third-order valence-corrected chi connectivity index (χ3v) is 7.14. The van der Waals surface area contributed by atoms with Crippen molar-refractivity contribution in [1.29, 1.82) is 0 Å². The number of nitrogens with one attached hydrogen (secondary N) is 1. The number of sulfonamides is 1. The maximum atomic E-state index is 13.3. The summed E-state index contributed by atoms with van der Waals surface area (Å²) in [6.07, 6.45) is 0. The number of carbonyl (C=O) groups excluding carboxylic acids is 1. The van der Waals surface area contributed by atoms with Gasteiger partial charge in [0.1, 0.15) is 5.82 Å². The summed E-state index contributed by atoms with van der Waals surface area (Å²) in [5, 5.41) is 0. The molecule has 1 amide bonds. The first kappa shape index (κ1) is 21.4. The van der Waals surface area contributed by atoms with Gasteiger partial charge in [-0.15, -0.1) is 0 Å². The first-order valence-electron chi connectivity index (χ1n) is 9.64. The molecule has 3 rings (SSSR count). The fourth-order valence-corrected chi connectivity index (χ4v) is 4.87. The van der Waals surface area contributed by atoms with Crippen LogP contribution in [0.3, 0.4) is 0 Å². The fourth-order valence-electron chi connectivity index (χ4n) is 3.43. The standard InChI is InChI=1S/C21H26FN3O3S/c1-17-6-8-20(9-7-17)29(27,28)25-12-10-24(11-13-25)16-21(26)23(2)15-18-4-3-5-19(22)14-18/h3-9,14H,10-13,15-16H2,1-2H3/p+1. The Bertz CT molecular complexity index is 955. The number of halogens is 1. The third kappa shape index (κ3) is 5.41. The molecule has 1 aliphatic rings. The summed E-state index contributed by atoms with van der Waals surface area (Å²) < 4.78 is 40.3. The zero-order valence-electron chi connectivity index (χ0n) is 16.8. The zero-order chi connectivity index (χ0) is 21.0. The monoisotopic (exact) mass is 420 g/mol. The highest BCUT2D eigenvalue weighted by atomic mass is 32.2. The molecule has 0 radical (unpaired) electrons. The van der Waals surface area contributed by atoms with Crippen LogP contribution in [0.15, 0.2) is 53.4 Å². The minimum Gasteiger partial charge on any atom is -0.337 e. The molecular weight excluding hydrogens is 393 g/mol. The van der Waals surface area contributed by atoms with Gasteiger partial charge in [0.05, 0.1) is 31.1 Å². The average Bonchev–Trinajstić information content (AvgIpc) is 2.68. The Hall–Kier alpha value is -2.29. The predicted octanol–water partition coefficient (Wildman–Crippen LogP) is 0.682. The maximum Gasteiger partial charge on any atom is 0.277 e. The molecule has 0 saturated carbocycles. The minimum atomic E-state index is -3.50. The molecule has 1 aliphatic heterocycles. The quantitative estimate of drug-likeness (QED) is 0.748. The number of benzene rings is 2. The molecule has 1 N–H and O–H groups in total. The second kappa shape index (κ2) is 9.02. The minimum absolute atomic E-state index is 0.0425. The van der Waals surface area contributed by atoms with E-state index >= 15 is 0 Å². The van der Waals surface area contributed by atoms with Crippen LogP contribution in [-0.2, 0) is 21.4 Å². The first-order chi connectivity index (χ1) is 13.8. The van der Waals surface area contributed by atoms with Crippen LogP contribution in [0, 0.1) is 12.7 Å². The van der Waals surface area contributed by atoms with E-state index < -0.39 is 10.0 Å². The van der Waals surface area contributed by atoms with Gasteiger partial charge in [-0.2, -0.15) is 4.31 Å². The van der Waals surface area contributed by atoms with E-state index in [4.69, 9.17) is 0 Å². The summed E-state index contributed by atoms with van der Waals surface area (Å²) in [5.74, 6) is -0.362. The Morgan fingerprint density at radius 2 is 1.79 bits per heavy atom. The molecule has 0 spiro atoms. The molecular formula is C21H27FN3O3S+. The molecule has 6 nitrogen and oxygen atoms in total. The number of carbonyl (C=O) groups is 1. The van der Waals surface area contributed by atoms with Gasteiger partial charge in [-0.25, -0.2) is 12.8 Å². The molecule has 2 aromatic carbocycles. The highest BCUT2D eigenvalue weighted by molar-refractivity contribution is 7.89. The topological polar surface area (TPSA) is 62.1 Å². The van der Waals surface area contributed by atoms with E-state index in [9.17, 15) is 17.6 Å². The number of nitrogens with zero attached hydrogens (tertiary/aromatic N) is 2. The largest absolute Gasteiger partial charge is 0.337 e. The Balaban J connectivity index is 1.52. The zero-order valence-corrected chi connectivity index (χ0v) is 17.6. The van der Waals surface area contributed by atoms with E-state index in [2.05, 4.69) is 0 Å². The van der Waals surface area contributed by atoms with Gasteiger partial charge >= 0.3 is 0 Å². The van der Waals surface area contributed by atoms with Gasteiger partial charge in [0.2, 0.25) is 10.0 Å². The second-order valence-electron chi connectivity index (χ2n) is 7.52. The lowest BCUT2D eigenvalue weighted by Gasteiger charge is -2.32. The van der Waals surface area contributed by atoms with Crippen molar-refractivity contribution in [3.8, 4) is 0 Å². The Labute approximate surface area is 171 Å². The number of likely N-dealkylation sites (N-methyl/N-ethyl adjacent to an activating group) is 1. The van der Waals surface area contributed by atoms with E-state index in [1.165, 1.54) is 16.4 Å². The molecule has 1 fully saturated rings. The highest BCUT2D eigenvalue weighted by Crippen LogP contribution is 2.16. The van der Waals surface area contributed by atoms with E-state index in [-0.39, 0.29) is 11.7 Å². The van der Waals surface area contributed by atoms with Crippen LogP contribution >= 0.6 is 0 Å². The summed E-state index contributed by atoms with van der Waals surface area (Å²) in [5.41, 5.74) is 1.75. The Morgan fingerprint density at radius 3 is 2.41 bits per heavy atom. The Kier molecular flexibility index (Phi) is 6.66. The number of hydrogen-bond donors (Lipinski definition) is 1. The number of rotatable bonds is 6. The van der Waals surface area contributed by atoms with Crippen LogP contribution in [0.2, 0.25) is 0 Å². The lowest BCUT2D eigenvalue weighted by Crippen LogP contribution is -3.15. The predicted molar refractivity (Wildman–Crippen MR) is 108 cm³/mol. The van der Waals surface area contributed by atoms with Crippen LogP contribution in [-0.4, -0.2) is 63.3 Å². The lowest BCUT2D eigenvalue weighted by molar-refractivity contribution is -0.896. The summed E-state index contributed by atoms with van der Waals surface area (Å²) in [4.78, 5) is 15.4. The van der Waals surface area contributed by atoms with Gasteiger partial charge in [0.15, 0.2) is 6.54 Å². The van der Waals surface area contributed by atoms with Crippen molar-refractivity contribution in [2.45, 2.75) is 18.4 Å². The molecule has 8 heteroatoms. The number of aryl methyl sites for hydroxylation is 1. The molecule has 0 aliphatic carbocycles. The van der Waals surface area contributed by atoms with Crippen molar-refractivity contribution >= 4 is 15.9 Å². The van der Waals surface area contributed by atoms with Gasteiger partial charge < -0.3 is 9.80 Å². The van der Waals surface area contributed by atoms with Crippen molar-refractivity contribution in [2.24, 2.45) is 0 Å². The van der Waals surface area contributed by atoms with Crippen molar-refractivity contribution < 1.29 is 22.5 Å². The normalized spacial score (nSPS) is 16.0. The van der Waals surface area contributed by atoms with Crippen LogP contribution in [0.4, 0.5) is 4.39 Å². The first-order valence-corrected chi connectivity index (χ1v) is 11.1. The number of piperazine rings is 1. The molecule has 156 valence electrons. The molecule has 1 saturated heterocycles. The van der Waals surface area contributed by atoms with E-state index in [1.807, 2.05) is 6.92 Å². The molecule has 0 aromatic heterocycles. The van der Waals surface area contributed by atoms with Crippen molar-refractivity contribution in [1.82, 2.24) is 9.21 Å². The van der Waals surface area contributed by atoms with Crippen molar-refractivity contribution in [2.75, 3.05) is 39.8 Å². The van der Waals surface area contributed by atoms with Crippen LogP contribution < -0.4 is 4.90 Å². The van der Waals surface area contributed by atoms with E-state index in [0.29, 0.717) is 44.2 Å². The number of amides is 1. The molecule has 1 heterocycles. The maximum absolute atomic E-state index is 13.3. The van der Waals surface area contributed by atoms with E-state index in [0.717, 1.165) is 16.0 Å². The summed E-state index contributed by atoms with van der Waals surface area (Å²) in [6, 6.07) is 13.1. The van der Waals surface area contributed by atoms with Gasteiger partial charge in [-0.1, -0.05) is 29.8 Å². The second-order valence-corrected chi connectivity index (χ2v) is 9.46. The van der Waals surface area contributed by atoms with Crippen LogP contribution in [0.5, 0.6) is 0 Å². The lowest BCUT2D eigenvalue weighted by atomic mass is 10.2. The van der Waals surface area contributed by atoms with Gasteiger partial charge in [-0.3, -0.25) is 4.79 Å². The Morgan fingerprint density at radius 1 is 1.14 bits per heavy atom. The number of quaternary nitrogens is 1. The summed E-state index contributed by atoms with van der Waals surface area (Å²) in [6.45, 7) is 4.47. The van der Waals surface area contributed by atoms with Crippen LogP contribution in [0.25, 0.3) is 0 Å². The fraction of sp³-hybridized carbons (Fsp3) is 0.381. The third-order valence-electron chi connectivity index (χ3n) is 5.22. The SMILES string of the molecule is Cc1ccc(S(=O)(=O)N2CC[NH+](CC(=O)N(C)Cc3cccc(F)c3)CC2)cc1. The summed E-state index contributed by atoms with van der Waals surface area (Å²) >= 11 is 0. The van der Waals surface area contributed by atoms with Crippen molar-refractivity contribution in [3.63, 3.8) is 0 Å².